The molecule has 0 radical (unpaired) electrons. The van der Waals surface area contributed by atoms with Crippen LogP contribution in [0.5, 0.6) is 0 Å². The van der Waals surface area contributed by atoms with Crippen LogP contribution >= 0.6 is 0 Å². The summed E-state index contributed by atoms with van der Waals surface area (Å²) in [6, 6.07) is 2.16. The van der Waals surface area contributed by atoms with E-state index in [4.69, 9.17) is 5.26 Å². The van der Waals surface area contributed by atoms with E-state index >= 15 is 0 Å². The molecule has 96 valence electrons. The molecular formula is C13H18N4O. The SMILES string of the molecule is Cc1cnn(CCNC(=O)C2(C#N)CC(C)C2)c1. The Balaban J connectivity index is 1.80. The highest BCUT2D eigenvalue weighted by atomic mass is 16.2. The van der Waals surface area contributed by atoms with Gasteiger partial charge in [-0.15, -0.1) is 0 Å². The fourth-order valence-electron chi connectivity index (χ4n) is 2.50. The highest BCUT2D eigenvalue weighted by molar-refractivity contribution is 5.86. The summed E-state index contributed by atoms with van der Waals surface area (Å²) >= 11 is 0. The van der Waals surface area contributed by atoms with Crippen molar-refractivity contribution in [2.24, 2.45) is 11.3 Å². The molecule has 0 atom stereocenters. The molecule has 1 aromatic heterocycles. The van der Waals surface area contributed by atoms with Gasteiger partial charge in [0.2, 0.25) is 5.91 Å². The Hall–Kier alpha value is -1.83. The zero-order valence-corrected chi connectivity index (χ0v) is 10.8. The Morgan fingerprint density at radius 3 is 2.94 bits per heavy atom. The summed E-state index contributed by atoms with van der Waals surface area (Å²) < 4.78 is 1.79. The number of carbonyl (C=O) groups is 1. The van der Waals surface area contributed by atoms with Gasteiger partial charge in [-0.05, 0) is 31.2 Å². The average molecular weight is 246 g/mol. The third kappa shape index (κ3) is 2.37. The largest absolute Gasteiger partial charge is 0.353 e. The molecule has 0 unspecified atom stereocenters. The number of amides is 1. The normalized spacial score (nSPS) is 26.2. The summed E-state index contributed by atoms with van der Waals surface area (Å²) in [6.45, 7) is 5.19. The molecule has 0 aromatic carbocycles. The zero-order chi connectivity index (χ0) is 13.2. The van der Waals surface area contributed by atoms with E-state index in [9.17, 15) is 4.79 Å². The maximum Gasteiger partial charge on any atom is 0.240 e. The lowest BCUT2D eigenvalue weighted by Gasteiger charge is -2.39. The quantitative estimate of drug-likeness (QED) is 0.869. The summed E-state index contributed by atoms with van der Waals surface area (Å²) in [7, 11) is 0. The number of nitrogens with zero attached hydrogens (tertiary/aromatic N) is 3. The summed E-state index contributed by atoms with van der Waals surface area (Å²) in [5, 5.41) is 16.1. The van der Waals surface area contributed by atoms with E-state index in [1.165, 1.54) is 0 Å². The van der Waals surface area contributed by atoms with E-state index in [-0.39, 0.29) is 5.91 Å². The van der Waals surface area contributed by atoms with Gasteiger partial charge in [0.25, 0.3) is 0 Å². The van der Waals surface area contributed by atoms with E-state index in [0.717, 1.165) is 5.56 Å². The van der Waals surface area contributed by atoms with Gasteiger partial charge in [0.15, 0.2) is 0 Å². The van der Waals surface area contributed by atoms with Gasteiger partial charge >= 0.3 is 0 Å². The van der Waals surface area contributed by atoms with Gasteiger partial charge in [-0.1, -0.05) is 6.92 Å². The highest BCUT2D eigenvalue weighted by Gasteiger charge is 2.48. The maximum atomic E-state index is 12.0. The van der Waals surface area contributed by atoms with Crippen LogP contribution in [-0.2, 0) is 11.3 Å². The average Bonchev–Trinajstić information content (AvgIpc) is 2.70. The van der Waals surface area contributed by atoms with Crippen molar-refractivity contribution in [2.45, 2.75) is 33.2 Å². The van der Waals surface area contributed by atoms with Crippen molar-refractivity contribution in [1.29, 1.82) is 5.26 Å². The first-order valence-electron chi connectivity index (χ1n) is 6.24. The molecule has 0 saturated heterocycles. The van der Waals surface area contributed by atoms with Crippen molar-refractivity contribution in [3.05, 3.63) is 18.0 Å². The van der Waals surface area contributed by atoms with Crippen molar-refractivity contribution in [3.8, 4) is 6.07 Å². The fraction of sp³-hybridized carbons (Fsp3) is 0.615. The number of nitrogens with one attached hydrogen (secondary N) is 1. The summed E-state index contributed by atoms with van der Waals surface area (Å²) in [6.07, 6.45) is 5.07. The predicted octanol–water partition coefficient (Wildman–Crippen LogP) is 1.25. The van der Waals surface area contributed by atoms with Crippen LogP contribution in [0.1, 0.15) is 25.3 Å². The van der Waals surface area contributed by atoms with Crippen LogP contribution in [0.4, 0.5) is 0 Å². The predicted molar refractivity (Wildman–Crippen MR) is 66.4 cm³/mol. The Labute approximate surface area is 107 Å². The zero-order valence-electron chi connectivity index (χ0n) is 10.8. The van der Waals surface area contributed by atoms with Gasteiger partial charge in [-0.2, -0.15) is 10.4 Å². The first kappa shape index (κ1) is 12.6. The lowest BCUT2D eigenvalue weighted by molar-refractivity contribution is -0.133. The number of carbonyl (C=O) groups excluding carboxylic acids is 1. The van der Waals surface area contributed by atoms with Crippen LogP contribution < -0.4 is 5.32 Å². The van der Waals surface area contributed by atoms with E-state index in [1.807, 2.05) is 13.1 Å². The van der Waals surface area contributed by atoms with Crippen molar-refractivity contribution < 1.29 is 4.79 Å². The second-order valence-electron chi connectivity index (χ2n) is 5.24. The number of aromatic nitrogens is 2. The Kier molecular flexibility index (Phi) is 3.37. The van der Waals surface area contributed by atoms with Crippen molar-refractivity contribution in [1.82, 2.24) is 15.1 Å². The molecule has 1 N–H and O–H groups in total. The molecule has 2 rings (SSSR count). The van der Waals surface area contributed by atoms with Gasteiger partial charge < -0.3 is 5.32 Å². The molecule has 1 heterocycles. The fourth-order valence-corrected chi connectivity index (χ4v) is 2.50. The van der Waals surface area contributed by atoms with Crippen LogP contribution in [0.25, 0.3) is 0 Å². The first-order chi connectivity index (χ1) is 8.55. The topological polar surface area (TPSA) is 70.7 Å². The van der Waals surface area contributed by atoms with E-state index < -0.39 is 5.41 Å². The minimum absolute atomic E-state index is 0.132. The Morgan fingerprint density at radius 1 is 1.72 bits per heavy atom. The van der Waals surface area contributed by atoms with Gasteiger partial charge in [0.1, 0.15) is 5.41 Å². The lowest BCUT2D eigenvalue weighted by atomic mass is 9.63. The molecular weight excluding hydrogens is 228 g/mol. The van der Waals surface area contributed by atoms with Crippen molar-refractivity contribution >= 4 is 5.91 Å². The van der Waals surface area contributed by atoms with E-state index in [2.05, 4.69) is 23.4 Å². The third-order valence-corrected chi connectivity index (χ3v) is 3.43. The second-order valence-corrected chi connectivity index (χ2v) is 5.24. The van der Waals surface area contributed by atoms with Crippen molar-refractivity contribution in [3.63, 3.8) is 0 Å². The second kappa shape index (κ2) is 4.81. The molecule has 0 spiro atoms. The lowest BCUT2D eigenvalue weighted by Crippen LogP contribution is -2.48. The van der Waals surface area contributed by atoms with Crippen LogP contribution in [-0.4, -0.2) is 22.2 Å². The van der Waals surface area contributed by atoms with Crippen LogP contribution in [0.2, 0.25) is 0 Å². The monoisotopic (exact) mass is 246 g/mol. The molecule has 18 heavy (non-hydrogen) atoms. The number of aryl methyl sites for hydroxylation is 1. The van der Waals surface area contributed by atoms with Gasteiger partial charge in [0, 0.05) is 12.7 Å². The van der Waals surface area contributed by atoms with Crippen LogP contribution in [0, 0.1) is 29.6 Å². The smallest absolute Gasteiger partial charge is 0.240 e. The van der Waals surface area contributed by atoms with E-state index in [0.29, 0.717) is 31.8 Å². The first-order valence-corrected chi connectivity index (χ1v) is 6.24. The Morgan fingerprint density at radius 2 is 2.44 bits per heavy atom. The summed E-state index contributed by atoms with van der Waals surface area (Å²) in [4.78, 5) is 12.0. The van der Waals surface area contributed by atoms with Crippen molar-refractivity contribution in [2.75, 3.05) is 6.54 Å². The maximum absolute atomic E-state index is 12.0. The number of nitriles is 1. The molecule has 1 amide bonds. The molecule has 1 aliphatic rings. The van der Waals surface area contributed by atoms with Crippen LogP contribution in [0.15, 0.2) is 12.4 Å². The third-order valence-electron chi connectivity index (χ3n) is 3.43. The minimum Gasteiger partial charge on any atom is -0.353 e. The van der Waals surface area contributed by atoms with Crippen LogP contribution in [0.3, 0.4) is 0 Å². The molecule has 5 nitrogen and oxygen atoms in total. The number of hydrogen-bond acceptors (Lipinski definition) is 3. The molecule has 1 fully saturated rings. The minimum atomic E-state index is -0.778. The molecule has 0 bridgehead atoms. The molecule has 0 aliphatic heterocycles. The van der Waals surface area contributed by atoms with Gasteiger partial charge in [-0.3, -0.25) is 9.48 Å². The number of hydrogen-bond donors (Lipinski definition) is 1. The summed E-state index contributed by atoms with van der Waals surface area (Å²) in [5.74, 6) is 0.344. The standard InChI is InChI=1S/C13H18N4O/c1-10-5-13(6-10,9-14)12(18)15-3-4-17-8-11(2)7-16-17/h7-8,10H,3-6H2,1-2H3,(H,15,18). The summed E-state index contributed by atoms with van der Waals surface area (Å²) in [5.41, 5.74) is 0.321. The van der Waals surface area contributed by atoms with Gasteiger partial charge in [-0.25, -0.2) is 0 Å². The van der Waals surface area contributed by atoms with Gasteiger partial charge in [0.05, 0.1) is 18.8 Å². The Bertz CT molecular complexity index is 479. The molecule has 5 heteroatoms. The molecule has 1 aromatic rings. The number of rotatable bonds is 4. The molecule has 1 saturated carbocycles. The molecule has 1 aliphatic carbocycles. The highest BCUT2D eigenvalue weighted by Crippen LogP contribution is 2.44. The van der Waals surface area contributed by atoms with E-state index in [1.54, 1.807) is 10.9 Å².